The maximum absolute atomic E-state index is 9.88. The van der Waals surface area contributed by atoms with E-state index in [1.165, 1.54) is 0 Å². The number of carbonyl (C=O) groups excluding carboxylic acids is 1. The number of hydrogen-bond donors (Lipinski definition) is 1. The van der Waals surface area contributed by atoms with E-state index in [9.17, 15) is 4.79 Å². The van der Waals surface area contributed by atoms with Gasteiger partial charge in [-0.25, -0.2) is 0 Å². The van der Waals surface area contributed by atoms with Gasteiger partial charge in [0.15, 0.2) is 0 Å². The maximum Gasteiger partial charge on any atom is 0.122 e. The zero-order valence-electron chi connectivity index (χ0n) is 6.00. The van der Waals surface area contributed by atoms with Gasteiger partial charge in [0, 0.05) is 6.42 Å². The van der Waals surface area contributed by atoms with Crippen LogP contribution in [0.3, 0.4) is 0 Å². The van der Waals surface area contributed by atoms with Crippen LogP contribution < -0.4 is 0 Å². The van der Waals surface area contributed by atoms with Crippen molar-refractivity contribution in [3.05, 3.63) is 0 Å². The van der Waals surface area contributed by atoms with Crippen molar-refractivity contribution in [1.82, 2.24) is 0 Å². The van der Waals surface area contributed by atoms with E-state index in [2.05, 4.69) is 0 Å². The minimum absolute atomic E-state index is 0.246. The predicted molar refractivity (Wildman–Crippen MR) is 36.1 cm³/mol. The van der Waals surface area contributed by atoms with Crippen LogP contribution in [0.2, 0.25) is 0 Å². The van der Waals surface area contributed by atoms with Gasteiger partial charge in [0.1, 0.15) is 6.29 Å². The fraction of sp³-hybridized carbons (Fsp3) is 0.857. The second kappa shape index (κ2) is 4.50. The lowest BCUT2D eigenvalue weighted by molar-refractivity contribution is -0.110. The minimum Gasteiger partial charge on any atom is -0.392 e. The second-order valence-corrected chi connectivity index (χ2v) is 2.36. The molecule has 0 aromatic carbocycles. The van der Waals surface area contributed by atoms with Crippen LogP contribution in [0.1, 0.15) is 26.7 Å². The molecule has 0 fully saturated rings. The van der Waals surface area contributed by atoms with Crippen molar-refractivity contribution in [3.63, 3.8) is 0 Å². The van der Waals surface area contributed by atoms with Crippen molar-refractivity contribution < 1.29 is 9.90 Å². The summed E-state index contributed by atoms with van der Waals surface area (Å²) in [6, 6.07) is 0. The highest BCUT2D eigenvalue weighted by Gasteiger charge is 2.09. The van der Waals surface area contributed by atoms with Crippen LogP contribution in [0.15, 0.2) is 0 Å². The first kappa shape index (κ1) is 8.63. The topological polar surface area (TPSA) is 37.3 Å². The summed E-state index contributed by atoms with van der Waals surface area (Å²) >= 11 is 0. The summed E-state index contributed by atoms with van der Waals surface area (Å²) in [6.45, 7) is 3.94. The molecule has 0 heterocycles. The third kappa shape index (κ3) is 3.25. The summed E-state index contributed by atoms with van der Waals surface area (Å²) in [4.78, 5) is 9.88. The summed E-state index contributed by atoms with van der Waals surface area (Å²) in [7, 11) is 0. The van der Waals surface area contributed by atoms with Crippen LogP contribution in [0, 0.1) is 5.92 Å². The molecule has 2 nitrogen and oxygen atoms in total. The Morgan fingerprint density at radius 1 is 1.67 bits per heavy atom. The lowest BCUT2D eigenvalue weighted by Gasteiger charge is -2.12. The minimum atomic E-state index is -0.438. The number of carbonyl (C=O) groups is 1. The first-order valence-electron chi connectivity index (χ1n) is 3.34. The molecule has 0 aliphatic carbocycles. The van der Waals surface area contributed by atoms with Gasteiger partial charge in [0.2, 0.25) is 0 Å². The summed E-state index contributed by atoms with van der Waals surface area (Å²) in [5.41, 5.74) is 0. The van der Waals surface area contributed by atoms with Crippen molar-refractivity contribution in [2.75, 3.05) is 0 Å². The number of hydrogen-bond acceptors (Lipinski definition) is 2. The summed E-state index contributed by atoms with van der Waals surface area (Å²) in [5.74, 6) is 0.246. The molecule has 0 amide bonds. The van der Waals surface area contributed by atoms with Crippen LogP contribution in [-0.2, 0) is 4.79 Å². The van der Waals surface area contributed by atoms with Gasteiger partial charge in [-0.2, -0.15) is 0 Å². The van der Waals surface area contributed by atoms with E-state index >= 15 is 0 Å². The molecular weight excluding hydrogens is 116 g/mol. The standard InChI is InChI=1S/C7H14O2/c1-3-6(2)7(9)4-5-8/h5-7,9H,3-4H2,1-2H3. The molecule has 0 bridgehead atoms. The molecule has 0 spiro atoms. The zero-order chi connectivity index (χ0) is 7.28. The Balaban J connectivity index is 3.44. The van der Waals surface area contributed by atoms with E-state index in [0.29, 0.717) is 0 Å². The first-order valence-corrected chi connectivity index (χ1v) is 3.34. The molecular formula is C7H14O2. The van der Waals surface area contributed by atoms with Gasteiger partial charge in [0.25, 0.3) is 0 Å². The molecule has 2 atom stereocenters. The smallest absolute Gasteiger partial charge is 0.122 e. The number of aldehydes is 1. The highest BCUT2D eigenvalue weighted by atomic mass is 16.3. The van der Waals surface area contributed by atoms with E-state index in [1.54, 1.807) is 0 Å². The van der Waals surface area contributed by atoms with Gasteiger partial charge >= 0.3 is 0 Å². The zero-order valence-corrected chi connectivity index (χ0v) is 6.00. The van der Waals surface area contributed by atoms with Crippen LogP contribution in [-0.4, -0.2) is 17.5 Å². The average Bonchev–Trinajstić information content (AvgIpc) is 1.87. The average molecular weight is 130 g/mol. The molecule has 0 radical (unpaired) electrons. The van der Waals surface area contributed by atoms with E-state index in [1.807, 2.05) is 13.8 Å². The fourth-order valence-corrected chi connectivity index (χ4v) is 0.603. The largest absolute Gasteiger partial charge is 0.392 e. The molecule has 2 unspecified atom stereocenters. The highest BCUT2D eigenvalue weighted by molar-refractivity contribution is 5.50. The molecule has 1 N–H and O–H groups in total. The van der Waals surface area contributed by atoms with E-state index < -0.39 is 6.10 Å². The molecule has 0 aromatic rings. The number of aliphatic hydroxyl groups excluding tert-OH is 1. The van der Waals surface area contributed by atoms with Gasteiger partial charge in [-0.05, 0) is 5.92 Å². The van der Waals surface area contributed by atoms with Gasteiger partial charge in [-0.15, -0.1) is 0 Å². The quantitative estimate of drug-likeness (QED) is 0.576. The van der Waals surface area contributed by atoms with Gasteiger partial charge < -0.3 is 9.90 Å². The van der Waals surface area contributed by atoms with Crippen molar-refractivity contribution in [2.24, 2.45) is 5.92 Å². The first-order chi connectivity index (χ1) is 4.22. The monoisotopic (exact) mass is 130 g/mol. The lowest BCUT2D eigenvalue weighted by atomic mass is 10.0. The van der Waals surface area contributed by atoms with Crippen LogP contribution in [0.25, 0.3) is 0 Å². The third-order valence-corrected chi connectivity index (χ3v) is 1.64. The predicted octanol–water partition coefficient (Wildman–Crippen LogP) is 0.982. The molecule has 0 aliphatic heterocycles. The lowest BCUT2D eigenvalue weighted by Crippen LogP contribution is -2.16. The molecule has 0 saturated carbocycles. The summed E-state index contributed by atoms with van der Waals surface area (Å²) in [6.07, 6.45) is 1.52. The molecule has 54 valence electrons. The van der Waals surface area contributed by atoms with Crippen molar-refractivity contribution in [1.29, 1.82) is 0 Å². The summed E-state index contributed by atoms with van der Waals surface area (Å²) in [5, 5.41) is 9.09. The Morgan fingerprint density at radius 3 is 2.56 bits per heavy atom. The van der Waals surface area contributed by atoms with Gasteiger partial charge in [-0.3, -0.25) is 0 Å². The molecule has 0 aliphatic rings. The molecule has 0 saturated heterocycles. The van der Waals surface area contributed by atoms with E-state index in [0.717, 1.165) is 12.7 Å². The Labute approximate surface area is 55.9 Å². The number of rotatable bonds is 4. The molecule has 9 heavy (non-hydrogen) atoms. The van der Waals surface area contributed by atoms with Crippen molar-refractivity contribution >= 4 is 6.29 Å². The van der Waals surface area contributed by atoms with Crippen LogP contribution in [0.5, 0.6) is 0 Å². The fourth-order valence-electron chi connectivity index (χ4n) is 0.603. The third-order valence-electron chi connectivity index (χ3n) is 1.64. The number of aliphatic hydroxyl groups is 1. The van der Waals surface area contributed by atoms with Crippen LogP contribution in [0.4, 0.5) is 0 Å². The van der Waals surface area contributed by atoms with Crippen molar-refractivity contribution in [2.45, 2.75) is 32.8 Å². The Kier molecular flexibility index (Phi) is 4.32. The normalized spacial score (nSPS) is 16.8. The second-order valence-electron chi connectivity index (χ2n) is 2.36. The van der Waals surface area contributed by atoms with E-state index in [-0.39, 0.29) is 12.3 Å². The molecule has 0 rings (SSSR count). The molecule has 0 aromatic heterocycles. The van der Waals surface area contributed by atoms with Crippen molar-refractivity contribution in [3.8, 4) is 0 Å². The SMILES string of the molecule is CCC(C)C(O)CC=O. The maximum atomic E-state index is 9.88. The van der Waals surface area contributed by atoms with E-state index in [4.69, 9.17) is 5.11 Å². The Morgan fingerprint density at radius 2 is 2.22 bits per heavy atom. The van der Waals surface area contributed by atoms with Crippen LogP contribution >= 0.6 is 0 Å². The Hall–Kier alpha value is -0.370. The molecule has 2 heteroatoms. The highest BCUT2D eigenvalue weighted by Crippen LogP contribution is 2.08. The Bertz CT molecular complexity index is 81.0. The van der Waals surface area contributed by atoms with Gasteiger partial charge in [0.05, 0.1) is 6.10 Å². The summed E-state index contributed by atoms with van der Waals surface area (Å²) < 4.78 is 0. The van der Waals surface area contributed by atoms with Gasteiger partial charge in [-0.1, -0.05) is 20.3 Å².